The second-order valence-corrected chi connectivity index (χ2v) is 6.45. The van der Waals surface area contributed by atoms with Crippen LogP contribution in [0.2, 0.25) is 0 Å². The quantitative estimate of drug-likeness (QED) is 0.776. The first-order valence-corrected chi connectivity index (χ1v) is 8.44. The summed E-state index contributed by atoms with van der Waals surface area (Å²) in [4.78, 5) is 17.0. The number of nitrogens with two attached hydrogens (primary N) is 1. The van der Waals surface area contributed by atoms with Crippen molar-refractivity contribution < 1.29 is 4.79 Å². The van der Waals surface area contributed by atoms with Gasteiger partial charge >= 0.3 is 0 Å². The van der Waals surface area contributed by atoms with Crippen molar-refractivity contribution in [2.45, 2.75) is 76.9 Å². The topological polar surface area (TPSA) is 49.6 Å². The lowest BCUT2D eigenvalue weighted by atomic mass is 9.90. The van der Waals surface area contributed by atoms with Gasteiger partial charge < -0.3 is 10.6 Å². The first kappa shape index (κ1) is 15.8. The Morgan fingerprint density at radius 3 is 2.15 bits per heavy atom. The van der Waals surface area contributed by atoms with Crippen LogP contribution in [0.1, 0.15) is 58.8 Å². The molecule has 2 N–H and O–H groups in total. The molecule has 0 heterocycles. The molecule has 116 valence electrons. The largest absolute Gasteiger partial charge is 0.339 e. The molecule has 0 aromatic carbocycles. The number of rotatable bonds is 7. The summed E-state index contributed by atoms with van der Waals surface area (Å²) in [6, 6.07) is 1.48. The zero-order chi connectivity index (χ0) is 14.5. The van der Waals surface area contributed by atoms with Crippen LogP contribution in [0.3, 0.4) is 0 Å². The number of carbonyl (C=O) groups is 1. The van der Waals surface area contributed by atoms with E-state index in [1.807, 2.05) is 0 Å². The first-order chi connectivity index (χ1) is 9.65. The van der Waals surface area contributed by atoms with E-state index in [-0.39, 0.29) is 0 Å². The minimum atomic E-state index is 0.332. The van der Waals surface area contributed by atoms with Crippen molar-refractivity contribution in [1.29, 1.82) is 0 Å². The van der Waals surface area contributed by atoms with Gasteiger partial charge in [-0.2, -0.15) is 0 Å². The van der Waals surface area contributed by atoms with E-state index in [1.54, 1.807) is 0 Å². The molecular weight excluding hydrogens is 250 g/mol. The van der Waals surface area contributed by atoms with Crippen molar-refractivity contribution in [3.63, 3.8) is 0 Å². The molecule has 0 aliphatic heterocycles. The molecule has 0 bridgehead atoms. The number of nitrogens with zero attached hydrogens (tertiary/aromatic N) is 2. The van der Waals surface area contributed by atoms with Gasteiger partial charge in [-0.15, -0.1) is 0 Å². The summed E-state index contributed by atoms with van der Waals surface area (Å²) in [5.41, 5.74) is 6.00. The van der Waals surface area contributed by atoms with E-state index in [1.165, 1.54) is 12.8 Å². The maximum absolute atomic E-state index is 12.5. The molecule has 0 atom stereocenters. The highest BCUT2D eigenvalue weighted by molar-refractivity contribution is 5.79. The van der Waals surface area contributed by atoms with Crippen molar-refractivity contribution in [2.75, 3.05) is 19.6 Å². The van der Waals surface area contributed by atoms with E-state index in [0.717, 1.165) is 45.2 Å². The second-order valence-electron chi connectivity index (χ2n) is 6.45. The van der Waals surface area contributed by atoms with Crippen LogP contribution in [0, 0.1) is 0 Å². The zero-order valence-electron chi connectivity index (χ0n) is 13.2. The zero-order valence-corrected chi connectivity index (χ0v) is 13.2. The van der Waals surface area contributed by atoms with Crippen molar-refractivity contribution in [1.82, 2.24) is 9.80 Å². The van der Waals surface area contributed by atoms with Crippen LogP contribution in [0.5, 0.6) is 0 Å². The van der Waals surface area contributed by atoms with Gasteiger partial charge in [-0.25, -0.2) is 0 Å². The SMILES string of the molecule is CCCN(CC(=O)N(CC)C1CC1)C1CCC(N)CC1. The molecule has 0 aromatic rings. The maximum Gasteiger partial charge on any atom is 0.236 e. The molecule has 20 heavy (non-hydrogen) atoms. The number of likely N-dealkylation sites (N-methyl/N-ethyl adjacent to an activating group) is 1. The van der Waals surface area contributed by atoms with Crippen LogP contribution in [0.25, 0.3) is 0 Å². The molecule has 4 heteroatoms. The van der Waals surface area contributed by atoms with Gasteiger partial charge in [-0.3, -0.25) is 9.69 Å². The van der Waals surface area contributed by atoms with Gasteiger partial charge in [0.25, 0.3) is 0 Å². The normalized spacial score (nSPS) is 26.8. The van der Waals surface area contributed by atoms with Gasteiger partial charge in [0.1, 0.15) is 0 Å². The highest BCUT2D eigenvalue weighted by Gasteiger charge is 2.33. The molecule has 0 aromatic heterocycles. The van der Waals surface area contributed by atoms with E-state index < -0.39 is 0 Å². The predicted molar refractivity (Wildman–Crippen MR) is 82.5 cm³/mol. The minimum absolute atomic E-state index is 0.332. The van der Waals surface area contributed by atoms with E-state index >= 15 is 0 Å². The van der Waals surface area contributed by atoms with Gasteiger partial charge in [0.05, 0.1) is 6.54 Å². The van der Waals surface area contributed by atoms with Crippen LogP contribution in [-0.4, -0.2) is 53.5 Å². The molecule has 2 aliphatic rings. The minimum Gasteiger partial charge on any atom is -0.339 e. The van der Waals surface area contributed by atoms with Crippen LogP contribution in [0.15, 0.2) is 0 Å². The summed E-state index contributed by atoms with van der Waals surface area (Å²) in [5.74, 6) is 0.332. The third kappa shape index (κ3) is 4.19. The summed E-state index contributed by atoms with van der Waals surface area (Å²) < 4.78 is 0. The fourth-order valence-corrected chi connectivity index (χ4v) is 3.43. The molecule has 0 spiro atoms. The summed E-state index contributed by atoms with van der Waals surface area (Å²) in [7, 11) is 0. The predicted octanol–water partition coefficient (Wildman–Crippen LogP) is 1.98. The molecule has 2 rings (SSSR count). The molecule has 2 fully saturated rings. The fourth-order valence-electron chi connectivity index (χ4n) is 3.43. The average molecular weight is 281 g/mol. The van der Waals surface area contributed by atoms with Crippen molar-refractivity contribution >= 4 is 5.91 Å². The molecular formula is C16H31N3O. The lowest BCUT2D eigenvalue weighted by molar-refractivity contribution is -0.133. The lowest BCUT2D eigenvalue weighted by Gasteiger charge is -2.36. The third-order valence-corrected chi connectivity index (χ3v) is 4.76. The van der Waals surface area contributed by atoms with Crippen LogP contribution in [-0.2, 0) is 4.79 Å². The lowest BCUT2D eigenvalue weighted by Crippen LogP contribution is -2.47. The average Bonchev–Trinajstić information content (AvgIpc) is 3.25. The standard InChI is InChI=1S/C16H31N3O/c1-3-11-18(14-7-5-13(17)6-8-14)12-16(20)19(4-2)15-9-10-15/h13-15H,3-12,17H2,1-2H3. The smallest absolute Gasteiger partial charge is 0.236 e. The van der Waals surface area contributed by atoms with Gasteiger partial charge in [-0.1, -0.05) is 6.92 Å². The Morgan fingerprint density at radius 2 is 1.65 bits per heavy atom. The number of amides is 1. The molecule has 0 saturated heterocycles. The Labute approximate surface area is 123 Å². The van der Waals surface area contributed by atoms with E-state index in [4.69, 9.17) is 5.73 Å². The van der Waals surface area contributed by atoms with Gasteiger partial charge in [0.15, 0.2) is 0 Å². The number of hydrogen-bond acceptors (Lipinski definition) is 3. The summed E-state index contributed by atoms with van der Waals surface area (Å²) in [6.45, 7) is 6.80. The Kier molecular flexibility index (Phi) is 5.85. The molecule has 0 radical (unpaired) electrons. The monoisotopic (exact) mass is 281 g/mol. The summed E-state index contributed by atoms with van der Waals surface area (Å²) in [6.07, 6.45) is 8.05. The molecule has 0 unspecified atom stereocenters. The van der Waals surface area contributed by atoms with E-state index in [2.05, 4.69) is 23.6 Å². The second kappa shape index (κ2) is 7.41. The van der Waals surface area contributed by atoms with Crippen molar-refractivity contribution in [2.24, 2.45) is 5.73 Å². The van der Waals surface area contributed by atoms with Crippen LogP contribution < -0.4 is 5.73 Å². The van der Waals surface area contributed by atoms with Gasteiger partial charge in [0, 0.05) is 24.7 Å². The summed E-state index contributed by atoms with van der Waals surface area (Å²) in [5, 5.41) is 0. The highest BCUT2D eigenvalue weighted by Crippen LogP contribution is 2.27. The Bertz CT molecular complexity index is 309. The Hall–Kier alpha value is -0.610. The molecule has 4 nitrogen and oxygen atoms in total. The number of hydrogen-bond donors (Lipinski definition) is 1. The van der Waals surface area contributed by atoms with E-state index in [9.17, 15) is 4.79 Å². The van der Waals surface area contributed by atoms with Crippen LogP contribution in [0.4, 0.5) is 0 Å². The molecule has 2 saturated carbocycles. The maximum atomic E-state index is 12.5. The van der Waals surface area contributed by atoms with Crippen LogP contribution >= 0.6 is 0 Å². The van der Waals surface area contributed by atoms with Gasteiger partial charge in [0.2, 0.25) is 5.91 Å². The first-order valence-electron chi connectivity index (χ1n) is 8.44. The number of carbonyl (C=O) groups excluding carboxylic acids is 1. The summed E-state index contributed by atoms with van der Waals surface area (Å²) >= 11 is 0. The third-order valence-electron chi connectivity index (χ3n) is 4.76. The van der Waals surface area contributed by atoms with Gasteiger partial charge in [-0.05, 0) is 58.4 Å². The van der Waals surface area contributed by atoms with Crippen molar-refractivity contribution in [3.05, 3.63) is 0 Å². The van der Waals surface area contributed by atoms with Crippen molar-refractivity contribution in [3.8, 4) is 0 Å². The molecule has 2 aliphatic carbocycles. The Balaban J connectivity index is 1.88. The van der Waals surface area contributed by atoms with E-state index in [0.29, 0.717) is 30.6 Å². The molecule has 1 amide bonds. The fraction of sp³-hybridized carbons (Fsp3) is 0.938. The Morgan fingerprint density at radius 1 is 1.05 bits per heavy atom. The highest BCUT2D eigenvalue weighted by atomic mass is 16.2.